The first-order valence-corrected chi connectivity index (χ1v) is 7.51. The lowest BCUT2D eigenvalue weighted by Gasteiger charge is -2.32. The number of fused-ring (bicyclic) bond motifs is 1. The fraction of sp³-hybridized carbons (Fsp3) is 0.500. The second-order valence-corrected chi connectivity index (χ2v) is 5.55. The van der Waals surface area contributed by atoms with Crippen LogP contribution >= 0.6 is 0 Å². The lowest BCUT2D eigenvalue weighted by molar-refractivity contribution is -0.153. The molecule has 6 heteroatoms. The Labute approximate surface area is 128 Å². The van der Waals surface area contributed by atoms with Gasteiger partial charge in [0.2, 0.25) is 5.91 Å². The van der Waals surface area contributed by atoms with Crippen LogP contribution in [-0.2, 0) is 14.3 Å². The Morgan fingerprint density at radius 1 is 1.14 bits per heavy atom. The van der Waals surface area contributed by atoms with E-state index in [0.717, 1.165) is 0 Å². The molecule has 1 fully saturated rings. The summed E-state index contributed by atoms with van der Waals surface area (Å²) >= 11 is 0. The monoisotopic (exact) mass is 305 g/mol. The van der Waals surface area contributed by atoms with Crippen LogP contribution in [0.2, 0.25) is 0 Å². The number of carbonyl (C=O) groups is 2. The standard InChI is InChI=1S/C16H19NO5/c18-15(11-5-8-21-9-6-11)17-7-10-22-13-4-2-1-3-12(13)14(17)16(19)20/h1-4,11,14H,5-10H2,(H,19,20). The Bertz CT molecular complexity index is 567. The number of benzene rings is 1. The summed E-state index contributed by atoms with van der Waals surface area (Å²) < 4.78 is 10.9. The van der Waals surface area contributed by atoms with Gasteiger partial charge in [-0.1, -0.05) is 18.2 Å². The summed E-state index contributed by atoms with van der Waals surface area (Å²) in [6.07, 6.45) is 1.29. The number of rotatable bonds is 2. The predicted octanol–water partition coefficient (Wildman–Crippen LogP) is 1.46. The zero-order valence-electron chi connectivity index (χ0n) is 12.2. The largest absolute Gasteiger partial charge is 0.491 e. The van der Waals surface area contributed by atoms with Gasteiger partial charge in [-0.05, 0) is 18.9 Å². The van der Waals surface area contributed by atoms with Gasteiger partial charge in [-0.15, -0.1) is 0 Å². The number of ether oxygens (including phenoxy) is 2. The lowest BCUT2D eigenvalue weighted by Crippen LogP contribution is -2.44. The summed E-state index contributed by atoms with van der Waals surface area (Å²) in [6, 6.07) is 6.03. The fourth-order valence-electron chi connectivity index (χ4n) is 3.07. The van der Waals surface area contributed by atoms with E-state index in [1.165, 1.54) is 4.90 Å². The summed E-state index contributed by atoms with van der Waals surface area (Å²) in [7, 11) is 0. The molecule has 1 N–H and O–H groups in total. The van der Waals surface area contributed by atoms with Crippen LogP contribution in [0.3, 0.4) is 0 Å². The molecule has 1 saturated heterocycles. The molecule has 22 heavy (non-hydrogen) atoms. The highest BCUT2D eigenvalue weighted by atomic mass is 16.5. The third-order valence-corrected chi connectivity index (χ3v) is 4.20. The number of carboxylic acid groups (broad SMARTS) is 1. The van der Waals surface area contributed by atoms with Crippen molar-refractivity contribution in [1.29, 1.82) is 0 Å². The Morgan fingerprint density at radius 3 is 2.59 bits per heavy atom. The van der Waals surface area contributed by atoms with Crippen LogP contribution in [0.5, 0.6) is 5.75 Å². The molecule has 0 spiro atoms. The molecular weight excluding hydrogens is 286 g/mol. The van der Waals surface area contributed by atoms with E-state index in [4.69, 9.17) is 9.47 Å². The molecular formula is C16H19NO5. The third-order valence-electron chi connectivity index (χ3n) is 4.20. The zero-order valence-corrected chi connectivity index (χ0v) is 12.2. The number of carboxylic acids is 1. The first kappa shape index (κ1) is 14.8. The summed E-state index contributed by atoms with van der Waals surface area (Å²) in [5, 5.41) is 9.65. The number of aliphatic carboxylic acids is 1. The summed E-state index contributed by atoms with van der Waals surface area (Å²) in [5.41, 5.74) is 0.535. The van der Waals surface area contributed by atoms with Crippen LogP contribution in [0.4, 0.5) is 0 Å². The van der Waals surface area contributed by atoms with Crippen molar-refractivity contribution >= 4 is 11.9 Å². The third kappa shape index (κ3) is 2.78. The summed E-state index contributed by atoms with van der Waals surface area (Å²) in [5.74, 6) is -0.771. The second-order valence-electron chi connectivity index (χ2n) is 5.55. The van der Waals surface area contributed by atoms with Crippen molar-refractivity contribution in [2.45, 2.75) is 18.9 Å². The molecule has 0 bridgehead atoms. The molecule has 1 unspecified atom stereocenters. The van der Waals surface area contributed by atoms with Crippen LogP contribution in [-0.4, -0.2) is 48.2 Å². The highest BCUT2D eigenvalue weighted by Gasteiger charge is 2.38. The Balaban J connectivity index is 1.92. The first-order chi connectivity index (χ1) is 10.7. The van der Waals surface area contributed by atoms with E-state index in [0.29, 0.717) is 44.0 Å². The van der Waals surface area contributed by atoms with Crippen molar-refractivity contribution in [3.8, 4) is 5.75 Å². The van der Waals surface area contributed by atoms with Gasteiger partial charge in [0.1, 0.15) is 12.4 Å². The van der Waals surface area contributed by atoms with Crippen molar-refractivity contribution in [2.24, 2.45) is 5.92 Å². The fourth-order valence-corrected chi connectivity index (χ4v) is 3.07. The SMILES string of the molecule is O=C(O)C1c2ccccc2OCCN1C(=O)C1CCOCC1. The average molecular weight is 305 g/mol. The van der Waals surface area contributed by atoms with E-state index in [2.05, 4.69) is 0 Å². The molecule has 3 rings (SSSR count). The van der Waals surface area contributed by atoms with Crippen molar-refractivity contribution < 1.29 is 24.2 Å². The maximum Gasteiger partial charge on any atom is 0.331 e. The van der Waals surface area contributed by atoms with Gasteiger partial charge in [0.15, 0.2) is 6.04 Å². The summed E-state index contributed by atoms with van der Waals surface area (Å²) in [6.45, 7) is 1.68. The number of nitrogens with zero attached hydrogens (tertiary/aromatic N) is 1. The van der Waals surface area contributed by atoms with Crippen LogP contribution < -0.4 is 4.74 Å². The molecule has 1 aromatic rings. The minimum Gasteiger partial charge on any atom is -0.491 e. The van der Waals surface area contributed by atoms with E-state index in [1.807, 2.05) is 0 Å². The van der Waals surface area contributed by atoms with Crippen LogP contribution in [0.1, 0.15) is 24.4 Å². The minimum atomic E-state index is -1.03. The normalized spacial score (nSPS) is 22.4. The van der Waals surface area contributed by atoms with Crippen molar-refractivity contribution in [3.05, 3.63) is 29.8 Å². The van der Waals surface area contributed by atoms with E-state index in [9.17, 15) is 14.7 Å². The Hall–Kier alpha value is -2.08. The minimum absolute atomic E-state index is 0.115. The highest BCUT2D eigenvalue weighted by Crippen LogP contribution is 2.34. The van der Waals surface area contributed by atoms with Crippen molar-refractivity contribution in [3.63, 3.8) is 0 Å². The van der Waals surface area contributed by atoms with Gasteiger partial charge in [-0.2, -0.15) is 0 Å². The second kappa shape index (κ2) is 6.36. The maximum absolute atomic E-state index is 12.8. The molecule has 1 aromatic carbocycles. The van der Waals surface area contributed by atoms with Gasteiger partial charge >= 0.3 is 5.97 Å². The molecule has 0 aromatic heterocycles. The molecule has 2 aliphatic rings. The van der Waals surface area contributed by atoms with E-state index < -0.39 is 12.0 Å². The van der Waals surface area contributed by atoms with Gasteiger partial charge < -0.3 is 19.5 Å². The van der Waals surface area contributed by atoms with E-state index in [1.54, 1.807) is 24.3 Å². The molecule has 118 valence electrons. The van der Waals surface area contributed by atoms with Gasteiger partial charge in [-0.3, -0.25) is 4.79 Å². The first-order valence-electron chi connectivity index (χ1n) is 7.51. The van der Waals surface area contributed by atoms with Crippen molar-refractivity contribution in [1.82, 2.24) is 4.90 Å². The number of hydrogen-bond donors (Lipinski definition) is 1. The van der Waals surface area contributed by atoms with E-state index >= 15 is 0 Å². The molecule has 1 amide bonds. The Kier molecular flexibility index (Phi) is 4.29. The number of amides is 1. The van der Waals surface area contributed by atoms with Gasteiger partial charge in [0.05, 0.1) is 6.54 Å². The number of carbonyl (C=O) groups excluding carboxylic acids is 1. The Morgan fingerprint density at radius 2 is 1.86 bits per heavy atom. The molecule has 0 saturated carbocycles. The molecule has 6 nitrogen and oxygen atoms in total. The van der Waals surface area contributed by atoms with E-state index in [-0.39, 0.29) is 18.4 Å². The average Bonchev–Trinajstić information content (AvgIpc) is 2.74. The number of hydrogen-bond acceptors (Lipinski definition) is 4. The zero-order chi connectivity index (χ0) is 15.5. The quantitative estimate of drug-likeness (QED) is 0.895. The van der Waals surface area contributed by atoms with Crippen LogP contribution in [0.15, 0.2) is 24.3 Å². The molecule has 2 aliphatic heterocycles. The van der Waals surface area contributed by atoms with Crippen molar-refractivity contribution in [2.75, 3.05) is 26.4 Å². The smallest absolute Gasteiger partial charge is 0.331 e. The molecule has 1 atom stereocenters. The van der Waals surface area contributed by atoms with Crippen LogP contribution in [0, 0.1) is 5.92 Å². The molecule has 0 aliphatic carbocycles. The van der Waals surface area contributed by atoms with Gasteiger partial charge in [0.25, 0.3) is 0 Å². The molecule has 2 heterocycles. The lowest BCUT2D eigenvalue weighted by atomic mass is 9.96. The predicted molar refractivity (Wildman–Crippen MR) is 77.6 cm³/mol. The highest BCUT2D eigenvalue weighted by molar-refractivity contribution is 5.86. The maximum atomic E-state index is 12.8. The molecule has 0 radical (unpaired) electrons. The van der Waals surface area contributed by atoms with Gasteiger partial charge in [-0.25, -0.2) is 4.79 Å². The van der Waals surface area contributed by atoms with Gasteiger partial charge in [0, 0.05) is 24.7 Å². The van der Waals surface area contributed by atoms with Crippen LogP contribution in [0.25, 0.3) is 0 Å². The topological polar surface area (TPSA) is 76.1 Å². The number of para-hydroxylation sites is 1. The summed E-state index contributed by atoms with van der Waals surface area (Å²) in [4.78, 5) is 26.0.